The Labute approximate surface area is 212 Å². The van der Waals surface area contributed by atoms with Crippen LogP contribution in [0, 0.1) is 12.3 Å². The Balaban J connectivity index is 1.82. The monoisotopic (exact) mass is 507 g/mol. The maximum Gasteiger partial charge on any atom is 0.305 e. The van der Waals surface area contributed by atoms with Gasteiger partial charge in [-0.2, -0.15) is 0 Å². The molecule has 0 bridgehead atoms. The van der Waals surface area contributed by atoms with Gasteiger partial charge < -0.3 is 34.1 Å². The van der Waals surface area contributed by atoms with Crippen molar-refractivity contribution in [3.8, 4) is 12.3 Å². The van der Waals surface area contributed by atoms with Crippen LogP contribution in [0.3, 0.4) is 0 Å². The van der Waals surface area contributed by atoms with Crippen molar-refractivity contribution in [1.29, 1.82) is 0 Å². The molecule has 2 N–H and O–H groups in total. The third kappa shape index (κ3) is 17.6. The van der Waals surface area contributed by atoms with Gasteiger partial charge in [0.05, 0.1) is 65.9 Å². The molecule has 0 saturated carbocycles. The summed E-state index contributed by atoms with van der Waals surface area (Å²) < 4.78 is 26.6. The first kappa shape index (κ1) is 31.2. The number of carbonyl (C=O) groups is 3. The molecule has 0 radical (unpaired) electrons. The zero-order valence-corrected chi connectivity index (χ0v) is 20.7. The van der Waals surface area contributed by atoms with Crippen LogP contribution in [0.2, 0.25) is 0 Å². The normalized spacial score (nSPS) is 10.6. The Morgan fingerprint density at radius 1 is 0.778 bits per heavy atom. The summed E-state index contributed by atoms with van der Waals surface area (Å²) in [5.74, 6) is 1.52. The third-order valence-corrected chi connectivity index (χ3v) is 4.67. The fourth-order valence-corrected chi connectivity index (χ4v) is 2.79. The first-order chi connectivity index (χ1) is 17.5. The molecule has 0 aliphatic rings. The van der Waals surface area contributed by atoms with Crippen LogP contribution in [0.25, 0.3) is 0 Å². The Morgan fingerprint density at radius 3 is 2.00 bits per heavy atom. The van der Waals surface area contributed by atoms with Gasteiger partial charge >= 0.3 is 5.97 Å². The molecular weight excluding hydrogens is 470 g/mol. The van der Waals surface area contributed by atoms with Gasteiger partial charge in [0.25, 0.3) is 5.91 Å². The molecule has 0 saturated heterocycles. The van der Waals surface area contributed by atoms with Crippen molar-refractivity contribution in [2.24, 2.45) is 0 Å². The SMILES string of the molecule is C#Cc1cccc(C(=O)NCCOCCOCCOCCC(=O)CCCOCCOCCC(=O)O)c1. The van der Waals surface area contributed by atoms with E-state index in [-0.39, 0.29) is 24.7 Å². The molecule has 0 aliphatic carbocycles. The van der Waals surface area contributed by atoms with Crippen LogP contribution < -0.4 is 5.32 Å². The van der Waals surface area contributed by atoms with Crippen molar-refractivity contribution in [1.82, 2.24) is 5.32 Å². The van der Waals surface area contributed by atoms with Crippen molar-refractivity contribution in [3.05, 3.63) is 35.4 Å². The Kier molecular flexibility index (Phi) is 18.6. The van der Waals surface area contributed by atoms with Gasteiger partial charge in [-0.25, -0.2) is 0 Å². The van der Waals surface area contributed by atoms with Gasteiger partial charge in [0.15, 0.2) is 0 Å². The van der Waals surface area contributed by atoms with Crippen LogP contribution in [0.4, 0.5) is 0 Å². The van der Waals surface area contributed by atoms with E-state index in [2.05, 4.69) is 11.2 Å². The topological polar surface area (TPSA) is 130 Å². The molecule has 1 rings (SSSR count). The summed E-state index contributed by atoms with van der Waals surface area (Å²) in [5, 5.41) is 11.2. The molecule has 36 heavy (non-hydrogen) atoms. The number of ether oxygens (including phenoxy) is 5. The predicted molar refractivity (Wildman–Crippen MR) is 132 cm³/mol. The summed E-state index contributed by atoms with van der Waals surface area (Å²) in [7, 11) is 0. The van der Waals surface area contributed by atoms with E-state index in [1.807, 2.05) is 0 Å². The number of carboxylic acids is 1. The highest BCUT2D eigenvalue weighted by Crippen LogP contribution is 2.03. The maximum absolute atomic E-state index is 12.0. The van der Waals surface area contributed by atoms with Crippen LogP contribution in [0.1, 0.15) is 41.6 Å². The second kappa shape index (κ2) is 21.5. The smallest absolute Gasteiger partial charge is 0.305 e. The van der Waals surface area contributed by atoms with Gasteiger partial charge in [0.2, 0.25) is 0 Å². The number of rotatable bonds is 23. The van der Waals surface area contributed by atoms with Crippen molar-refractivity contribution < 1.29 is 43.2 Å². The zero-order valence-electron chi connectivity index (χ0n) is 20.7. The van der Waals surface area contributed by atoms with Gasteiger partial charge in [0.1, 0.15) is 5.78 Å². The average Bonchev–Trinajstić information content (AvgIpc) is 2.88. The standard InChI is InChI=1S/C26H37NO9/c1-2-22-5-3-6-23(21-22)26(31)27-10-14-35-18-20-36-19-17-33-12-8-24(28)7-4-11-32-15-16-34-13-9-25(29)30/h1,3,5-6,21H,4,7-20H2,(H,27,31)(H,29,30). The Hall–Kier alpha value is -2.81. The lowest BCUT2D eigenvalue weighted by Crippen LogP contribution is -2.27. The summed E-state index contributed by atoms with van der Waals surface area (Å²) in [4.78, 5) is 34.1. The summed E-state index contributed by atoms with van der Waals surface area (Å²) in [5.41, 5.74) is 1.17. The molecule has 0 atom stereocenters. The molecule has 10 heteroatoms. The van der Waals surface area contributed by atoms with Crippen LogP contribution in [-0.4, -0.2) is 95.4 Å². The number of aliphatic carboxylic acids is 1. The van der Waals surface area contributed by atoms with E-state index in [4.69, 9.17) is 35.2 Å². The first-order valence-electron chi connectivity index (χ1n) is 12.0. The average molecular weight is 508 g/mol. The molecule has 0 spiro atoms. The summed E-state index contributed by atoms with van der Waals surface area (Å²) >= 11 is 0. The van der Waals surface area contributed by atoms with E-state index in [0.29, 0.717) is 96.4 Å². The van der Waals surface area contributed by atoms with E-state index in [1.54, 1.807) is 24.3 Å². The number of nitrogens with one attached hydrogen (secondary N) is 1. The number of hydrogen-bond acceptors (Lipinski definition) is 8. The zero-order chi connectivity index (χ0) is 26.3. The molecule has 0 fully saturated rings. The predicted octanol–water partition coefficient (Wildman–Crippen LogP) is 1.69. The Morgan fingerprint density at radius 2 is 1.36 bits per heavy atom. The van der Waals surface area contributed by atoms with Crippen molar-refractivity contribution in [2.75, 3.05) is 72.6 Å². The molecule has 0 unspecified atom stereocenters. The van der Waals surface area contributed by atoms with Crippen molar-refractivity contribution in [2.45, 2.75) is 25.7 Å². The minimum Gasteiger partial charge on any atom is -0.481 e. The summed E-state index contributed by atoms with van der Waals surface area (Å²) in [6.07, 6.45) is 6.71. The van der Waals surface area contributed by atoms with E-state index in [0.717, 1.165) is 0 Å². The van der Waals surface area contributed by atoms with E-state index in [1.165, 1.54) is 0 Å². The fourth-order valence-electron chi connectivity index (χ4n) is 2.79. The lowest BCUT2D eigenvalue weighted by atomic mass is 10.1. The molecular formula is C26H37NO9. The van der Waals surface area contributed by atoms with Crippen LogP contribution >= 0.6 is 0 Å². The van der Waals surface area contributed by atoms with E-state index < -0.39 is 5.97 Å². The number of carboxylic acid groups (broad SMARTS) is 1. The van der Waals surface area contributed by atoms with Gasteiger partial charge in [0, 0.05) is 37.1 Å². The molecule has 10 nitrogen and oxygen atoms in total. The molecule has 0 aliphatic heterocycles. The largest absolute Gasteiger partial charge is 0.481 e. The number of amides is 1. The van der Waals surface area contributed by atoms with Gasteiger partial charge in [-0.1, -0.05) is 12.0 Å². The fraction of sp³-hybridized carbons (Fsp3) is 0.577. The van der Waals surface area contributed by atoms with Crippen LogP contribution in [-0.2, 0) is 33.3 Å². The second-order valence-electron chi connectivity index (χ2n) is 7.58. The lowest BCUT2D eigenvalue weighted by Gasteiger charge is -2.08. The van der Waals surface area contributed by atoms with Crippen molar-refractivity contribution in [3.63, 3.8) is 0 Å². The Bertz CT molecular complexity index is 807. The number of benzene rings is 1. The highest BCUT2D eigenvalue weighted by Gasteiger charge is 2.05. The molecule has 1 amide bonds. The van der Waals surface area contributed by atoms with Gasteiger partial charge in [-0.05, 0) is 24.6 Å². The second-order valence-corrected chi connectivity index (χ2v) is 7.58. The highest BCUT2D eigenvalue weighted by atomic mass is 16.5. The quantitative estimate of drug-likeness (QED) is 0.168. The van der Waals surface area contributed by atoms with E-state index >= 15 is 0 Å². The minimum absolute atomic E-state index is 0.0229. The number of carbonyl (C=O) groups excluding carboxylic acids is 2. The number of hydrogen-bond donors (Lipinski definition) is 2. The maximum atomic E-state index is 12.0. The minimum atomic E-state index is -0.892. The van der Waals surface area contributed by atoms with Gasteiger partial charge in [-0.3, -0.25) is 14.4 Å². The van der Waals surface area contributed by atoms with Crippen LogP contribution in [0.5, 0.6) is 0 Å². The number of ketones is 1. The molecule has 0 aromatic heterocycles. The molecule has 1 aromatic rings. The summed E-state index contributed by atoms with van der Waals surface area (Å²) in [6.45, 7) is 4.04. The van der Waals surface area contributed by atoms with Crippen LogP contribution in [0.15, 0.2) is 24.3 Å². The number of Topliss-reactive ketones (excluding diaryl/α,β-unsaturated/α-hetero) is 1. The molecule has 200 valence electrons. The summed E-state index contributed by atoms with van der Waals surface area (Å²) in [6, 6.07) is 6.87. The van der Waals surface area contributed by atoms with Crippen molar-refractivity contribution >= 4 is 17.7 Å². The lowest BCUT2D eigenvalue weighted by molar-refractivity contribution is -0.138. The third-order valence-electron chi connectivity index (χ3n) is 4.67. The van der Waals surface area contributed by atoms with E-state index in [9.17, 15) is 14.4 Å². The molecule has 0 heterocycles. The highest BCUT2D eigenvalue weighted by molar-refractivity contribution is 5.94. The van der Waals surface area contributed by atoms with Gasteiger partial charge in [-0.15, -0.1) is 6.42 Å². The molecule has 1 aromatic carbocycles. The first-order valence-corrected chi connectivity index (χ1v) is 12.0. The number of terminal acetylenes is 1.